The van der Waals surface area contributed by atoms with Gasteiger partial charge in [0.1, 0.15) is 23.4 Å². The quantitative estimate of drug-likeness (QED) is 0.528. The van der Waals surface area contributed by atoms with Gasteiger partial charge in [0.25, 0.3) is 5.91 Å². The van der Waals surface area contributed by atoms with Gasteiger partial charge in [-0.25, -0.2) is 4.39 Å². The van der Waals surface area contributed by atoms with E-state index in [0.29, 0.717) is 28.7 Å². The molecule has 3 aromatic rings. The maximum atomic E-state index is 13.4. The second kappa shape index (κ2) is 8.55. The zero-order valence-electron chi connectivity index (χ0n) is 17.4. The molecule has 0 saturated carbocycles. The van der Waals surface area contributed by atoms with Crippen LogP contribution in [-0.2, 0) is 4.79 Å². The lowest BCUT2D eigenvalue weighted by Crippen LogP contribution is -2.61. The minimum atomic E-state index is -0.753. The third-order valence-corrected chi connectivity index (χ3v) is 5.22. The lowest BCUT2D eigenvalue weighted by atomic mass is 9.89. The molecule has 0 bridgehead atoms. The van der Waals surface area contributed by atoms with Crippen molar-refractivity contribution >= 4 is 11.6 Å². The summed E-state index contributed by atoms with van der Waals surface area (Å²) in [6, 6.07) is 17.9. The van der Waals surface area contributed by atoms with E-state index in [1.807, 2.05) is 12.1 Å². The van der Waals surface area contributed by atoms with Gasteiger partial charge in [0.15, 0.2) is 11.5 Å². The molecule has 160 valence electrons. The lowest BCUT2D eigenvalue weighted by Gasteiger charge is -2.46. The SMILES string of the molecule is COc1ccc(O[C@H]2C(=O)N(c3ccc(F)cc3)[C@H]2c2ccc(OC)c(OC)c2)cc1. The summed E-state index contributed by atoms with van der Waals surface area (Å²) < 4.78 is 35.4. The molecule has 0 aliphatic carbocycles. The number of carbonyl (C=O) groups is 1. The van der Waals surface area contributed by atoms with Crippen molar-refractivity contribution in [2.75, 3.05) is 26.2 Å². The molecule has 0 N–H and O–H groups in total. The fourth-order valence-electron chi connectivity index (χ4n) is 3.63. The number of nitrogens with zero attached hydrogens (tertiary/aromatic N) is 1. The van der Waals surface area contributed by atoms with Gasteiger partial charge in [-0.05, 0) is 66.2 Å². The van der Waals surface area contributed by atoms with E-state index in [-0.39, 0.29) is 11.7 Å². The Kier molecular flexibility index (Phi) is 5.66. The van der Waals surface area contributed by atoms with Crippen molar-refractivity contribution in [3.8, 4) is 23.0 Å². The summed E-state index contributed by atoms with van der Waals surface area (Å²) in [4.78, 5) is 14.7. The van der Waals surface area contributed by atoms with Gasteiger partial charge in [-0.15, -0.1) is 0 Å². The van der Waals surface area contributed by atoms with E-state index in [4.69, 9.17) is 18.9 Å². The highest BCUT2D eigenvalue weighted by atomic mass is 19.1. The normalized spacial score (nSPS) is 17.7. The van der Waals surface area contributed by atoms with E-state index in [0.717, 1.165) is 5.56 Å². The molecule has 2 atom stereocenters. The van der Waals surface area contributed by atoms with Gasteiger partial charge < -0.3 is 18.9 Å². The molecule has 1 aliphatic heterocycles. The van der Waals surface area contributed by atoms with Crippen LogP contribution in [0.3, 0.4) is 0 Å². The number of hydrogen-bond donors (Lipinski definition) is 0. The molecule has 7 heteroatoms. The van der Waals surface area contributed by atoms with Crippen LogP contribution in [0.1, 0.15) is 11.6 Å². The number of halogens is 1. The number of ether oxygens (including phenoxy) is 4. The summed E-state index contributed by atoms with van der Waals surface area (Å²) in [7, 11) is 4.69. The van der Waals surface area contributed by atoms with Crippen LogP contribution in [0.5, 0.6) is 23.0 Å². The molecular weight excluding hydrogens is 401 g/mol. The third-order valence-electron chi connectivity index (χ3n) is 5.22. The van der Waals surface area contributed by atoms with Crippen LogP contribution in [-0.4, -0.2) is 33.3 Å². The number of anilines is 1. The summed E-state index contributed by atoms with van der Waals surface area (Å²) in [6.45, 7) is 0. The average Bonchev–Trinajstić information content (AvgIpc) is 2.81. The number of rotatable bonds is 7. The molecule has 0 aromatic heterocycles. The molecule has 6 nitrogen and oxygen atoms in total. The second-order valence-corrected chi connectivity index (χ2v) is 6.96. The van der Waals surface area contributed by atoms with Gasteiger partial charge in [0.05, 0.1) is 21.3 Å². The van der Waals surface area contributed by atoms with Crippen LogP contribution in [0.2, 0.25) is 0 Å². The molecule has 1 heterocycles. The highest BCUT2D eigenvalue weighted by Gasteiger charge is 2.51. The standard InChI is InChI=1S/C24H22FNO5/c1-28-18-9-11-19(12-10-18)31-23-22(15-4-13-20(29-2)21(14-15)30-3)26(24(23)27)17-7-5-16(25)6-8-17/h4-14,22-23H,1-3H3/t22-,23+/m0/s1. The van der Waals surface area contributed by atoms with Crippen LogP contribution >= 0.6 is 0 Å². The first-order chi connectivity index (χ1) is 15.0. The van der Waals surface area contributed by atoms with Gasteiger partial charge in [-0.3, -0.25) is 9.69 Å². The monoisotopic (exact) mass is 423 g/mol. The Morgan fingerprint density at radius 2 is 1.42 bits per heavy atom. The summed E-state index contributed by atoms with van der Waals surface area (Å²) in [5, 5.41) is 0. The average molecular weight is 423 g/mol. The van der Waals surface area contributed by atoms with Crippen molar-refractivity contribution < 1.29 is 28.1 Å². The van der Waals surface area contributed by atoms with Gasteiger partial charge in [0.2, 0.25) is 6.10 Å². The molecule has 1 fully saturated rings. The van der Waals surface area contributed by atoms with Crippen molar-refractivity contribution in [2.45, 2.75) is 12.1 Å². The second-order valence-electron chi connectivity index (χ2n) is 6.96. The van der Waals surface area contributed by atoms with Gasteiger partial charge >= 0.3 is 0 Å². The van der Waals surface area contributed by atoms with Crippen LogP contribution in [0.25, 0.3) is 0 Å². The number of methoxy groups -OCH3 is 3. The Hall–Kier alpha value is -3.74. The first kappa shape index (κ1) is 20.5. The van der Waals surface area contributed by atoms with Crippen molar-refractivity contribution in [3.63, 3.8) is 0 Å². The number of β-lactam (4-membered cyclic amide) rings is 1. The molecule has 31 heavy (non-hydrogen) atoms. The molecule has 3 aromatic carbocycles. The van der Waals surface area contributed by atoms with Gasteiger partial charge in [0, 0.05) is 5.69 Å². The topological polar surface area (TPSA) is 57.2 Å². The molecule has 4 rings (SSSR count). The lowest BCUT2D eigenvalue weighted by molar-refractivity contribution is -0.135. The molecule has 0 spiro atoms. The number of carbonyl (C=O) groups excluding carboxylic acids is 1. The van der Waals surface area contributed by atoms with Crippen molar-refractivity contribution in [2.24, 2.45) is 0 Å². The van der Waals surface area contributed by atoms with Crippen molar-refractivity contribution in [1.82, 2.24) is 0 Å². The first-order valence-corrected chi connectivity index (χ1v) is 9.67. The van der Waals surface area contributed by atoms with Gasteiger partial charge in [-0.1, -0.05) is 6.07 Å². The van der Waals surface area contributed by atoms with E-state index >= 15 is 0 Å². The Morgan fingerprint density at radius 3 is 2.03 bits per heavy atom. The predicted molar refractivity (Wildman–Crippen MR) is 114 cm³/mol. The number of hydrogen-bond acceptors (Lipinski definition) is 5. The Balaban J connectivity index is 1.70. The molecule has 1 amide bonds. The number of amides is 1. The highest BCUT2D eigenvalue weighted by Crippen LogP contribution is 2.43. The molecule has 0 radical (unpaired) electrons. The summed E-state index contributed by atoms with van der Waals surface area (Å²) in [5.41, 5.74) is 1.39. The smallest absolute Gasteiger partial charge is 0.271 e. The van der Waals surface area contributed by atoms with E-state index in [1.165, 1.54) is 12.1 Å². The van der Waals surface area contributed by atoms with Crippen LogP contribution in [0.15, 0.2) is 66.7 Å². The summed E-state index contributed by atoms with van der Waals surface area (Å²) in [5.74, 6) is 1.77. The Labute approximate surface area is 179 Å². The maximum Gasteiger partial charge on any atom is 0.271 e. The van der Waals surface area contributed by atoms with E-state index in [9.17, 15) is 9.18 Å². The van der Waals surface area contributed by atoms with Crippen LogP contribution in [0, 0.1) is 5.82 Å². The Morgan fingerprint density at radius 1 is 0.774 bits per heavy atom. The predicted octanol–water partition coefficient (Wildman–Crippen LogP) is 4.39. The first-order valence-electron chi connectivity index (χ1n) is 9.67. The largest absolute Gasteiger partial charge is 0.497 e. The van der Waals surface area contributed by atoms with Gasteiger partial charge in [-0.2, -0.15) is 0 Å². The zero-order valence-corrected chi connectivity index (χ0v) is 17.4. The fraction of sp³-hybridized carbons (Fsp3) is 0.208. The van der Waals surface area contributed by atoms with E-state index in [1.54, 1.807) is 68.7 Å². The van der Waals surface area contributed by atoms with Crippen molar-refractivity contribution in [3.05, 3.63) is 78.1 Å². The molecule has 1 saturated heterocycles. The summed E-state index contributed by atoms with van der Waals surface area (Å²) >= 11 is 0. The minimum Gasteiger partial charge on any atom is -0.497 e. The number of benzene rings is 3. The van der Waals surface area contributed by atoms with Crippen LogP contribution in [0.4, 0.5) is 10.1 Å². The third kappa shape index (κ3) is 3.86. The van der Waals surface area contributed by atoms with E-state index < -0.39 is 12.1 Å². The zero-order chi connectivity index (χ0) is 22.0. The van der Waals surface area contributed by atoms with Crippen LogP contribution < -0.4 is 23.8 Å². The summed E-state index contributed by atoms with van der Waals surface area (Å²) in [6.07, 6.45) is -0.753. The fourth-order valence-corrected chi connectivity index (χ4v) is 3.63. The minimum absolute atomic E-state index is 0.220. The molecule has 0 unspecified atom stereocenters. The molecule has 1 aliphatic rings. The van der Waals surface area contributed by atoms with E-state index in [2.05, 4.69) is 0 Å². The maximum absolute atomic E-state index is 13.4. The molecular formula is C24H22FNO5. The Bertz CT molecular complexity index is 1070. The van der Waals surface area contributed by atoms with Crippen molar-refractivity contribution in [1.29, 1.82) is 0 Å². The highest BCUT2D eigenvalue weighted by molar-refractivity contribution is 6.05.